The summed E-state index contributed by atoms with van der Waals surface area (Å²) in [5, 5.41) is 11.7. The minimum Gasteiger partial charge on any atom is -0.507 e. The van der Waals surface area contributed by atoms with Crippen LogP contribution < -0.4 is 9.47 Å². The van der Waals surface area contributed by atoms with Gasteiger partial charge in [0.25, 0.3) is 11.7 Å². The largest absolute Gasteiger partial charge is 0.507 e. The Morgan fingerprint density at radius 1 is 1.06 bits per heavy atom. The molecular weight excluding hydrogens is 468 g/mol. The van der Waals surface area contributed by atoms with Gasteiger partial charge in [-0.05, 0) is 69.4 Å². The molecule has 8 heteroatoms. The van der Waals surface area contributed by atoms with E-state index < -0.39 is 17.7 Å². The van der Waals surface area contributed by atoms with Crippen molar-refractivity contribution in [3.8, 4) is 11.5 Å². The Bertz CT molecular complexity index is 1080. The van der Waals surface area contributed by atoms with E-state index in [-0.39, 0.29) is 11.3 Å². The first-order valence-corrected chi connectivity index (χ1v) is 12.2. The molecule has 35 heavy (non-hydrogen) atoms. The van der Waals surface area contributed by atoms with Crippen molar-refractivity contribution >= 4 is 29.1 Å². The van der Waals surface area contributed by atoms with Gasteiger partial charge in [-0.3, -0.25) is 9.59 Å². The molecule has 0 spiro atoms. The van der Waals surface area contributed by atoms with Gasteiger partial charge in [-0.25, -0.2) is 0 Å². The van der Waals surface area contributed by atoms with Crippen molar-refractivity contribution in [2.75, 3.05) is 40.4 Å². The van der Waals surface area contributed by atoms with E-state index in [4.69, 9.17) is 21.1 Å². The summed E-state index contributed by atoms with van der Waals surface area (Å²) in [5.41, 5.74) is 1.11. The number of aliphatic hydroxyl groups excluding tert-OH is 1. The summed E-state index contributed by atoms with van der Waals surface area (Å²) in [6.45, 7) is 5.84. The van der Waals surface area contributed by atoms with E-state index in [1.54, 1.807) is 36.4 Å². The van der Waals surface area contributed by atoms with E-state index in [2.05, 4.69) is 6.92 Å². The highest BCUT2D eigenvalue weighted by molar-refractivity contribution is 6.46. The average molecular weight is 501 g/mol. The fourth-order valence-corrected chi connectivity index (χ4v) is 4.06. The Labute approximate surface area is 211 Å². The molecule has 1 heterocycles. The predicted octanol–water partition coefficient (Wildman–Crippen LogP) is 4.90. The van der Waals surface area contributed by atoms with Gasteiger partial charge in [0, 0.05) is 23.7 Å². The SMILES string of the molecule is CCCCOc1ccc(C2/C(=C(\O)c3ccc(Cl)cc3)C(=O)C(=O)N2CCN(C)C)cc1OCC. The normalized spacial score (nSPS) is 17.3. The molecule has 0 aromatic heterocycles. The van der Waals surface area contributed by atoms with Crippen molar-refractivity contribution in [1.29, 1.82) is 0 Å². The summed E-state index contributed by atoms with van der Waals surface area (Å²) in [6, 6.07) is 11.1. The van der Waals surface area contributed by atoms with Crippen LogP contribution in [-0.2, 0) is 9.59 Å². The fourth-order valence-electron chi connectivity index (χ4n) is 3.94. The molecule has 1 aliphatic heterocycles. The minimum atomic E-state index is -0.769. The lowest BCUT2D eigenvalue weighted by atomic mass is 9.95. The van der Waals surface area contributed by atoms with Gasteiger partial charge in [-0.1, -0.05) is 31.0 Å². The van der Waals surface area contributed by atoms with Gasteiger partial charge in [-0.15, -0.1) is 0 Å². The number of aliphatic hydroxyl groups is 1. The lowest BCUT2D eigenvalue weighted by Crippen LogP contribution is -2.35. The first-order chi connectivity index (χ1) is 16.8. The highest BCUT2D eigenvalue weighted by atomic mass is 35.5. The summed E-state index contributed by atoms with van der Waals surface area (Å²) >= 11 is 6.00. The van der Waals surface area contributed by atoms with Crippen molar-refractivity contribution in [3.63, 3.8) is 0 Å². The number of carbonyl (C=O) groups excluding carboxylic acids is 2. The van der Waals surface area contributed by atoms with Gasteiger partial charge in [0.05, 0.1) is 24.8 Å². The molecule has 3 rings (SSSR count). The number of amides is 1. The van der Waals surface area contributed by atoms with Crippen LogP contribution in [0.25, 0.3) is 5.76 Å². The van der Waals surface area contributed by atoms with Crippen LogP contribution in [0.1, 0.15) is 43.9 Å². The number of hydrogen-bond acceptors (Lipinski definition) is 6. The van der Waals surface area contributed by atoms with Crippen LogP contribution >= 0.6 is 11.6 Å². The summed E-state index contributed by atoms with van der Waals surface area (Å²) in [6.07, 6.45) is 1.92. The van der Waals surface area contributed by atoms with Crippen LogP contribution in [-0.4, -0.2) is 67.0 Å². The number of ketones is 1. The van der Waals surface area contributed by atoms with Crippen LogP contribution in [0.2, 0.25) is 5.02 Å². The molecule has 2 aromatic carbocycles. The maximum Gasteiger partial charge on any atom is 0.295 e. The second kappa shape index (κ2) is 12.1. The lowest BCUT2D eigenvalue weighted by Gasteiger charge is -2.27. The third kappa shape index (κ3) is 6.16. The van der Waals surface area contributed by atoms with Gasteiger partial charge in [0.15, 0.2) is 11.5 Å². The van der Waals surface area contributed by atoms with Crippen LogP contribution in [0.3, 0.4) is 0 Å². The number of benzene rings is 2. The van der Waals surface area contributed by atoms with Crippen molar-refractivity contribution in [1.82, 2.24) is 9.80 Å². The van der Waals surface area contributed by atoms with Gasteiger partial charge < -0.3 is 24.4 Å². The number of nitrogens with zero attached hydrogens (tertiary/aromatic N) is 2. The molecule has 188 valence electrons. The van der Waals surface area contributed by atoms with Crippen molar-refractivity contribution in [2.45, 2.75) is 32.7 Å². The average Bonchev–Trinajstić information content (AvgIpc) is 3.08. The highest BCUT2D eigenvalue weighted by Crippen LogP contribution is 2.42. The number of likely N-dealkylation sites (N-methyl/N-ethyl adjacent to an activating group) is 1. The van der Waals surface area contributed by atoms with Crippen molar-refractivity contribution in [3.05, 3.63) is 64.2 Å². The van der Waals surface area contributed by atoms with Gasteiger partial charge in [0.1, 0.15) is 5.76 Å². The van der Waals surface area contributed by atoms with E-state index in [1.165, 1.54) is 4.90 Å². The maximum absolute atomic E-state index is 13.2. The van der Waals surface area contributed by atoms with Crippen LogP contribution in [0.4, 0.5) is 0 Å². The van der Waals surface area contributed by atoms with Crippen LogP contribution in [0, 0.1) is 0 Å². The highest BCUT2D eigenvalue weighted by Gasteiger charge is 2.46. The number of carbonyl (C=O) groups is 2. The molecule has 0 radical (unpaired) electrons. The van der Waals surface area contributed by atoms with E-state index >= 15 is 0 Å². The Balaban J connectivity index is 2.12. The van der Waals surface area contributed by atoms with Gasteiger partial charge in [0.2, 0.25) is 0 Å². The number of likely N-dealkylation sites (tertiary alicyclic amines) is 1. The summed E-state index contributed by atoms with van der Waals surface area (Å²) in [7, 11) is 3.80. The maximum atomic E-state index is 13.2. The molecule has 2 aromatic rings. The summed E-state index contributed by atoms with van der Waals surface area (Å²) in [4.78, 5) is 29.7. The lowest BCUT2D eigenvalue weighted by molar-refractivity contribution is -0.140. The second-order valence-corrected chi connectivity index (χ2v) is 9.08. The molecule has 0 bridgehead atoms. The molecule has 1 atom stereocenters. The van der Waals surface area contributed by atoms with Crippen molar-refractivity contribution < 1.29 is 24.2 Å². The molecule has 1 aliphatic rings. The molecule has 0 aliphatic carbocycles. The standard InChI is InChI=1S/C27H33ClN2O5/c1-5-7-16-35-21-13-10-19(17-22(21)34-6-2)24-23(25(31)18-8-11-20(28)12-9-18)26(32)27(33)30(24)15-14-29(3)4/h8-13,17,24,31H,5-7,14-16H2,1-4H3/b25-23+. The quantitative estimate of drug-likeness (QED) is 0.204. The van der Waals surface area contributed by atoms with Crippen LogP contribution in [0.5, 0.6) is 11.5 Å². The molecular formula is C27H33ClN2O5. The number of Topliss-reactive ketones (excluding diaryl/α,β-unsaturated/α-hetero) is 1. The molecule has 1 amide bonds. The predicted molar refractivity (Wildman–Crippen MR) is 137 cm³/mol. The first-order valence-electron chi connectivity index (χ1n) is 11.9. The minimum absolute atomic E-state index is 0.0400. The molecule has 1 saturated heterocycles. The third-order valence-corrected chi connectivity index (χ3v) is 6.04. The molecule has 1 unspecified atom stereocenters. The van der Waals surface area contributed by atoms with Crippen molar-refractivity contribution in [2.24, 2.45) is 0 Å². The van der Waals surface area contributed by atoms with Gasteiger partial charge >= 0.3 is 0 Å². The first kappa shape index (κ1) is 26.6. The fraction of sp³-hybridized carbons (Fsp3) is 0.407. The number of ether oxygens (including phenoxy) is 2. The molecule has 0 saturated carbocycles. The molecule has 1 N–H and O–H groups in total. The number of unbranched alkanes of at least 4 members (excludes halogenated alkanes) is 1. The zero-order valence-electron chi connectivity index (χ0n) is 20.7. The van der Waals surface area contributed by atoms with E-state index in [1.807, 2.05) is 32.0 Å². The number of rotatable bonds is 11. The molecule has 7 nitrogen and oxygen atoms in total. The van der Waals surface area contributed by atoms with E-state index in [9.17, 15) is 14.7 Å². The summed E-state index contributed by atoms with van der Waals surface area (Å²) < 4.78 is 11.7. The Hall–Kier alpha value is -3.03. The van der Waals surface area contributed by atoms with E-state index in [0.717, 1.165) is 12.8 Å². The van der Waals surface area contributed by atoms with E-state index in [0.29, 0.717) is 54.0 Å². The zero-order chi connectivity index (χ0) is 25.5. The number of halogens is 1. The zero-order valence-corrected chi connectivity index (χ0v) is 21.5. The topological polar surface area (TPSA) is 79.3 Å². The summed E-state index contributed by atoms with van der Waals surface area (Å²) in [5.74, 6) is -0.465. The number of hydrogen-bond donors (Lipinski definition) is 1. The Morgan fingerprint density at radius 3 is 2.40 bits per heavy atom. The van der Waals surface area contributed by atoms with Gasteiger partial charge in [-0.2, -0.15) is 0 Å². The monoisotopic (exact) mass is 500 g/mol. The third-order valence-electron chi connectivity index (χ3n) is 5.78. The second-order valence-electron chi connectivity index (χ2n) is 8.64. The Morgan fingerprint density at radius 2 is 1.77 bits per heavy atom. The smallest absolute Gasteiger partial charge is 0.295 e. The Kier molecular flexibility index (Phi) is 9.18. The van der Waals surface area contributed by atoms with Crippen LogP contribution in [0.15, 0.2) is 48.0 Å². The molecule has 1 fully saturated rings.